The predicted octanol–water partition coefficient (Wildman–Crippen LogP) is 3.00. The van der Waals surface area contributed by atoms with Gasteiger partial charge in [-0.3, -0.25) is 0 Å². The van der Waals surface area contributed by atoms with Gasteiger partial charge >= 0.3 is 0 Å². The molecule has 7 nitrogen and oxygen atoms in total. The molecule has 0 unspecified atom stereocenters. The van der Waals surface area contributed by atoms with Crippen molar-refractivity contribution in [3.05, 3.63) is 36.2 Å². The summed E-state index contributed by atoms with van der Waals surface area (Å²) in [5.41, 5.74) is 8.77. The lowest BCUT2D eigenvalue weighted by atomic mass is 10.1. The van der Waals surface area contributed by atoms with Crippen LogP contribution in [0.1, 0.15) is 25.3 Å². The predicted molar refractivity (Wildman–Crippen MR) is 98.2 cm³/mol. The number of aromatic nitrogens is 2. The molecule has 7 heteroatoms. The van der Waals surface area contributed by atoms with Gasteiger partial charge in [0, 0.05) is 18.8 Å². The first-order chi connectivity index (χ1) is 12.2. The smallest absolute Gasteiger partial charge is 0.159 e. The van der Waals surface area contributed by atoms with Crippen molar-refractivity contribution in [2.75, 3.05) is 29.0 Å². The van der Waals surface area contributed by atoms with Gasteiger partial charge in [-0.15, -0.1) is 0 Å². The minimum absolute atomic E-state index is 0.329. The molecule has 0 fully saturated rings. The van der Waals surface area contributed by atoms with Gasteiger partial charge in [0.2, 0.25) is 0 Å². The zero-order valence-corrected chi connectivity index (χ0v) is 14.2. The number of hydrogen-bond acceptors (Lipinski definition) is 7. The highest BCUT2D eigenvalue weighted by molar-refractivity contribution is 5.78. The van der Waals surface area contributed by atoms with Crippen LogP contribution in [0.25, 0.3) is 0 Å². The standard InChI is InChI=1S/C18H21N7/c1-2-14-5-7-15(8-6-14)24-17-16(21)18(23-13-22-17)25(11-3-9-19)12-4-10-20/h5-8,13H,2-4,11-12,21H2,1H3,(H,22,23,24). The number of nitriles is 2. The molecule has 3 N–H and O–H groups in total. The van der Waals surface area contributed by atoms with Crippen LogP contribution in [0.2, 0.25) is 0 Å². The zero-order valence-electron chi connectivity index (χ0n) is 14.2. The molecule has 0 aliphatic heterocycles. The van der Waals surface area contributed by atoms with Gasteiger partial charge in [0.1, 0.15) is 12.0 Å². The molecule has 2 rings (SSSR count). The molecule has 0 aliphatic rings. The second-order valence-electron chi connectivity index (χ2n) is 5.44. The molecule has 1 heterocycles. The third-order valence-corrected chi connectivity index (χ3v) is 3.77. The molecule has 0 spiro atoms. The fourth-order valence-electron chi connectivity index (χ4n) is 2.39. The van der Waals surface area contributed by atoms with Crippen LogP contribution in [0, 0.1) is 22.7 Å². The van der Waals surface area contributed by atoms with Crippen LogP contribution >= 0.6 is 0 Å². The molecule has 25 heavy (non-hydrogen) atoms. The summed E-state index contributed by atoms with van der Waals surface area (Å²) in [4.78, 5) is 10.3. The van der Waals surface area contributed by atoms with Gasteiger partial charge in [-0.05, 0) is 24.1 Å². The number of nitrogens with one attached hydrogen (secondary N) is 1. The van der Waals surface area contributed by atoms with E-state index in [-0.39, 0.29) is 0 Å². The monoisotopic (exact) mass is 335 g/mol. The number of rotatable bonds is 8. The van der Waals surface area contributed by atoms with Gasteiger partial charge < -0.3 is 16.0 Å². The highest BCUT2D eigenvalue weighted by atomic mass is 15.2. The quantitative estimate of drug-likeness (QED) is 0.762. The second-order valence-corrected chi connectivity index (χ2v) is 5.44. The van der Waals surface area contributed by atoms with Crippen molar-refractivity contribution >= 4 is 23.0 Å². The Morgan fingerprint density at radius 2 is 1.72 bits per heavy atom. The van der Waals surface area contributed by atoms with Gasteiger partial charge in [-0.25, -0.2) is 9.97 Å². The number of nitrogens with two attached hydrogens (primary N) is 1. The summed E-state index contributed by atoms with van der Waals surface area (Å²) in [6.45, 7) is 3.03. The van der Waals surface area contributed by atoms with Crippen molar-refractivity contribution in [2.45, 2.75) is 26.2 Å². The fourth-order valence-corrected chi connectivity index (χ4v) is 2.39. The van der Waals surface area contributed by atoms with Crippen LogP contribution in [-0.4, -0.2) is 23.1 Å². The summed E-state index contributed by atoms with van der Waals surface area (Å²) in [5, 5.41) is 20.9. The van der Waals surface area contributed by atoms with Crippen molar-refractivity contribution in [3.63, 3.8) is 0 Å². The van der Waals surface area contributed by atoms with Gasteiger partial charge in [-0.1, -0.05) is 19.1 Å². The maximum atomic E-state index is 8.83. The van der Waals surface area contributed by atoms with E-state index in [9.17, 15) is 0 Å². The topological polar surface area (TPSA) is 115 Å². The van der Waals surface area contributed by atoms with Crippen LogP contribution in [0.15, 0.2) is 30.6 Å². The summed E-state index contributed by atoms with van der Waals surface area (Å²) in [6, 6.07) is 12.3. The maximum Gasteiger partial charge on any atom is 0.159 e. The normalized spacial score (nSPS) is 9.88. The van der Waals surface area contributed by atoms with E-state index in [4.69, 9.17) is 16.3 Å². The van der Waals surface area contributed by atoms with E-state index in [1.54, 1.807) is 0 Å². The third-order valence-electron chi connectivity index (χ3n) is 3.77. The second kappa shape index (κ2) is 9.09. The highest BCUT2D eigenvalue weighted by Gasteiger charge is 2.15. The Morgan fingerprint density at radius 1 is 1.08 bits per heavy atom. The van der Waals surface area contributed by atoms with E-state index in [1.807, 2.05) is 29.2 Å². The lowest BCUT2D eigenvalue weighted by Gasteiger charge is -2.23. The van der Waals surface area contributed by atoms with Crippen molar-refractivity contribution in [1.82, 2.24) is 9.97 Å². The average molecular weight is 335 g/mol. The van der Waals surface area contributed by atoms with Crippen LogP contribution in [0.5, 0.6) is 0 Å². The largest absolute Gasteiger partial charge is 0.393 e. The number of anilines is 4. The van der Waals surface area contributed by atoms with Crippen molar-refractivity contribution < 1.29 is 0 Å². The summed E-state index contributed by atoms with van der Waals surface area (Å²) < 4.78 is 0. The Hall–Kier alpha value is -3.32. The SMILES string of the molecule is CCc1ccc(Nc2ncnc(N(CCC#N)CCC#N)c2N)cc1. The Balaban J connectivity index is 2.24. The molecule has 128 valence electrons. The summed E-state index contributed by atoms with van der Waals surface area (Å²) in [7, 11) is 0. The van der Waals surface area contributed by atoms with E-state index in [2.05, 4.69) is 34.3 Å². The van der Waals surface area contributed by atoms with Crippen LogP contribution in [0.3, 0.4) is 0 Å². The number of nitrogens with zero attached hydrogens (tertiary/aromatic N) is 5. The molecule has 0 atom stereocenters. The fraction of sp³-hybridized carbons (Fsp3) is 0.333. The Morgan fingerprint density at radius 3 is 2.28 bits per heavy atom. The first kappa shape index (κ1) is 18.0. The first-order valence-corrected chi connectivity index (χ1v) is 8.14. The minimum Gasteiger partial charge on any atom is -0.393 e. The molecular formula is C18H21N7. The van der Waals surface area contributed by atoms with Gasteiger partial charge in [0.15, 0.2) is 11.6 Å². The van der Waals surface area contributed by atoms with Crippen LogP contribution in [-0.2, 0) is 6.42 Å². The lowest BCUT2D eigenvalue weighted by Crippen LogP contribution is -2.27. The number of nitrogen functional groups attached to an aromatic ring is 1. The van der Waals surface area contributed by atoms with E-state index < -0.39 is 0 Å². The molecule has 0 aliphatic carbocycles. The molecule has 1 aromatic carbocycles. The number of aryl methyl sites for hydroxylation is 1. The molecular weight excluding hydrogens is 314 g/mol. The van der Waals surface area contributed by atoms with Gasteiger partial charge in [0.05, 0.1) is 25.0 Å². The average Bonchev–Trinajstić information content (AvgIpc) is 2.65. The van der Waals surface area contributed by atoms with Crippen molar-refractivity contribution in [1.29, 1.82) is 10.5 Å². The molecule has 0 saturated carbocycles. The molecule has 0 radical (unpaired) electrons. The summed E-state index contributed by atoms with van der Waals surface area (Å²) in [5.74, 6) is 1.04. The molecule has 0 amide bonds. The van der Waals surface area contributed by atoms with E-state index in [0.29, 0.717) is 43.3 Å². The molecule has 0 saturated heterocycles. The third kappa shape index (κ3) is 4.82. The maximum absolute atomic E-state index is 8.83. The number of hydrogen-bond donors (Lipinski definition) is 2. The summed E-state index contributed by atoms with van der Waals surface area (Å²) in [6.07, 6.45) is 3.07. The lowest BCUT2D eigenvalue weighted by molar-refractivity contribution is 0.782. The van der Waals surface area contributed by atoms with Crippen LogP contribution < -0.4 is 16.0 Å². The van der Waals surface area contributed by atoms with Gasteiger partial charge in [-0.2, -0.15) is 10.5 Å². The molecule has 0 bridgehead atoms. The summed E-state index contributed by atoms with van der Waals surface area (Å²) >= 11 is 0. The number of benzene rings is 1. The highest BCUT2D eigenvalue weighted by Crippen LogP contribution is 2.28. The van der Waals surface area contributed by atoms with E-state index in [1.165, 1.54) is 11.9 Å². The van der Waals surface area contributed by atoms with Crippen molar-refractivity contribution in [3.8, 4) is 12.1 Å². The van der Waals surface area contributed by atoms with E-state index in [0.717, 1.165) is 12.1 Å². The Bertz CT molecular complexity index is 753. The molecule has 1 aromatic heterocycles. The van der Waals surface area contributed by atoms with Crippen LogP contribution in [0.4, 0.5) is 23.0 Å². The Labute approximate surface area is 147 Å². The Kier molecular flexibility index (Phi) is 6.56. The van der Waals surface area contributed by atoms with Crippen molar-refractivity contribution in [2.24, 2.45) is 0 Å². The van der Waals surface area contributed by atoms with E-state index >= 15 is 0 Å². The molecule has 2 aromatic rings. The zero-order chi connectivity index (χ0) is 18.1. The van der Waals surface area contributed by atoms with Gasteiger partial charge in [0.25, 0.3) is 0 Å². The first-order valence-electron chi connectivity index (χ1n) is 8.14. The minimum atomic E-state index is 0.329.